The van der Waals surface area contributed by atoms with Gasteiger partial charge in [-0.2, -0.15) is 8.42 Å². The number of ether oxygens (including phenoxy) is 6. The average Bonchev–Trinajstić information content (AvgIpc) is 3.28. The highest BCUT2D eigenvalue weighted by molar-refractivity contribution is 7.85. The van der Waals surface area contributed by atoms with Crippen LogP contribution in [0, 0.1) is 0 Å². The highest BCUT2D eigenvalue weighted by Crippen LogP contribution is 2.43. The molecule has 0 atom stereocenters. The molecule has 0 unspecified atom stereocenters. The number of piperazine rings is 2. The zero-order valence-electron chi connectivity index (χ0n) is 36.8. The number of carbonyl (C=O) groups is 2. The molecule has 0 aliphatic carbocycles. The summed E-state index contributed by atoms with van der Waals surface area (Å²) in [7, 11) is 2.78. The van der Waals surface area contributed by atoms with Crippen molar-refractivity contribution in [1.82, 2.24) is 19.6 Å². The van der Waals surface area contributed by atoms with Crippen LogP contribution in [0.2, 0.25) is 0 Å². The van der Waals surface area contributed by atoms with Crippen LogP contribution in [0.25, 0.3) is 22.3 Å². The van der Waals surface area contributed by atoms with Gasteiger partial charge in [-0.1, -0.05) is 24.3 Å². The summed E-state index contributed by atoms with van der Waals surface area (Å²) in [6.45, 7) is 13.1. The van der Waals surface area contributed by atoms with Gasteiger partial charge in [0.2, 0.25) is 11.5 Å². The predicted molar refractivity (Wildman–Crippen MR) is 239 cm³/mol. The van der Waals surface area contributed by atoms with Crippen molar-refractivity contribution in [3.63, 3.8) is 0 Å². The van der Waals surface area contributed by atoms with Gasteiger partial charge in [0.15, 0.2) is 23.0 Å². The maximum Gasteiger partial charge on any atom is 0.261 e. The van der Waals surface area contributed by atoms with Crippen LogP contribution in [-0.2, 0) is 10.1 Å². The Morgan fingerprint density at radius 1 is 0.532 bits per heavy atom. The van der Waals surface area contributed by atoms with Gasteiger partial charge in [0.05, 0.1) is 47.9 Å². The smallest absolute Gasteiger partial charge is 0.261 e. The van der Waals surface area contributed by atoms with Crippen molar-refractivity contribution in [3.05, 3.63) is 83.9 Å². The quantitative estimate of drug-likeness (QED) is 0.132. The van der Waals surface area contributed by atoms with Gasteiger partial charge in [0, 0.05) is 63.5 Å². The molecule has 0 spiro atoms. The number of methoxy groups -OCH3 is 4. The van der Waals surface area contributed by atoms with E-state index in [0.717, 1.165) is 67.9 Å². The highest BCUT2D eigenvalue weighted by atomic mass is 32.2. The van der Waals surface area contributed by atoms with E-state index in [1.165, 1.54) is 0 Å². The Hall–Kier alpha value is -5.55. The van der Waals surface area contributed by atoms with E-state index in [-0.39, 0.29) is 11.8 Å². The number of carbonyl (C=O) groups excluding carboxylic acids is 2. The Morgan fingerprint density at radius 3 is 1.08 bits per heavy atom. The lowest BCUT2D eigenvalue weighted by molar-refractivity contribution is 0.0606. The molecule has 0 saturated carbocycles. The standard InChI is InChI=1S/C45H56N4O8.CH4O3S/c1-7-56-42-38(52-3)28-36(29-39(42)53-4)32-10-14-34(15-11-32)44(50)48-24-20-46(21-25-48)18-9-19-47-22-26-49(27-23-47)45(51)35-16-12-33(13-17-35)37-30-40(54-5)43(57-8-2)41(31-37)55-6;1-5(2,3)4/h10-17,28-31H,7-9,18-27H2,1-6H3;1H3,(H,2,3,4). The van der Waals surface area contributed by atoms with E-state index in [1.807, 2.05) is 96.4 Å². The van der Waals surface area contributed by atoms with E-state index in [9.17, 15) is 18.0 Å². The van der Waals surface area contributed by atoms with E-state index in [1.54, 1.807) is 28.4 Å². The maximum atomic E-state index is 13.4. The minimum absolute atomic E-state index is 0.0559. The first kappa shape index (κ1) is 47.5. The molecule has 62 heavy (non-hydrogen) atoms. The molecule has 2 amide bonds. The fourth-order valence-corrected chi connectivity index (χ4v) is 7.51. The second kappa shape index (κ2) is 22.5. The topological polar surface area (TPSA) is 157 Å². The van der Waals surface area contributed by atoms with Crippen LogP contribution in [0.3, 0.4) is 0 Å². The van der Waals surface area contributed by atoms with Gasteiger partial charge in [-0.25, -0.2) is 0 Å². The molecule has 0 aromatic heterocycles. The third-order valence-corrected chi connectivity index (χ3v) is 10.7. The van der Waals surface area contributed by atoms with Gasteiger partial charge in [0.1, 0.15) is 0 Å². The summed E-state index contributed by atoms with van der Waals surface area (Å²) in [5, 5.41) is 0. The fraction of sp³-hybridized carbons (Fsp3) is 0.435. The van der Waals surface area contributed by atoms with Crippen LogP contribution in [0.4, 0.5) is 0 Å². The summed E-state index contributed by atoms with van der Waals surface area (Å²) in [5.74, 6) is 3.67. The molecule has 4 aromatic carbocycles. The molecule has 2 saturated heterocycles. The van der Waals surface area contributed by atoms with Crippen molar-refractivity contribution < 1.29 is 51.0 Å². The van der Waals surface area contributed by atoms with E-state index < -0.39 is 10.1 Å². The Morgan fingerprint density at radius 2 is 0.823 bits per heavy atom. The molecule has 15 nitrogen and oxygen atoms in total. The van der Waals surface area contributed by atoms with Gasteiger partial charge in [-0.05, 0) is 104 Å². The zero-order valence-corrected chi connectivity index (χ0v) is 37.7. The minimum Gasteiger partial charge on any atom is -0.493 e. The van der Waals surface area contributed by atoms with Gasteiger partial charge >= 0.3 is 0 Å². The molecule has 4 aromatic rings. The van der Waals surface area contributed by atoms with E-state index >= 15 is 0 Å². The monoisotopic (exact) mass is 876 g/mol. The van der Waals surface area contributed by atoms with Gasteiger partial charge in [-0.3, -0.25) is 23.9 Å². The van der Waals surface area contributed by atoms with Crippen molar-refractivity contribution in [2.24, 2.45) is 0 Å². The third-order valence-electron chi connectivity index (χ3n) is 10.7. The van der Waals surface area contributed by atoms with Crippen molar-refractivity contribution in [2.75, 3.05) is 113 Å². The van der Waals surface area contributed by atoms with E-state index in [4.69, 9.17) is 33.0 Å². The van der Waals surface area contributed by atoms with E-state index in [2.05, 4.69) is 9.80 Å². The van der Waals surface area contributed by atoms with Gasteiger partial charge in [-0.15, -0.1) is 0 Å². The predicted octanol–water partition coefficient (Wildman–Crippen LogP) is 5.96. The number of benzene rings is 4. The summed E-state index contributed by atoms with van der Waals surface area (Å²) in [4.78, 5) is 35.6. The lowest BCUT2D eigenvalue weighted by Crippen LogP contribution is -2.50. The first-order valence-electron chi connectivity index (χ1n) is 20.7. The largest absolute Gasteiger partial charge is 0.493 e. The van der Waals surface area contributed by atoms with Crippen molar-refractivity contribution in [2.45, 2.75) is 20.3 Å². The Labute approximate surface area is 365 Å². The van der Waals surface area contributed by atoms with Crippen LogP contribution in [0.15, 0.2) is 72.8 Å². The second-order valence-electron chi connectivity index (χ2n) is 14.8. The first-order chi connectivity index (χ1) is 29.8. The fourth-order valence-electron chi connectivity index (χ4n) is 7.51. The molecule has 1 N–H and O–H groups in total. The molecule has 336 valence electrons. The number of amides is 2. The SMILES string of the molecule is CCOc1c(OC)cc(-c2ccc(C(=O)N3CCN(CCCN4CCN(C(=O)c5ccc(-c6cc(OC)c(OCC)c(OC)c6)cc5)CC4)CC3)cc2)cc1OC.CS(=O)(=O)O. The van der Waals surface area contributed by atoms with Crippen LogP contribution in [0.1, 0.15) is 41.0 Å². The zero-order chi connectivity index (χ0) is 44.8. The summed E-state index contributed by atoms with van der Waals surface area (Å²) in [6, 6.07) is 23.1. The number of nitrogens with zero attached hydrogens (tertiary/aromatic N) is 4. The molecule has 2 fully saturated rings. The normalized spacial score (nSPS) is 14.6. The van der Waals surface area contributed by atoms with Crippen LogP contribution >= 0.6 is 0 Å². The Balaban J connectivity index is 0.00000137. The molecule has 2 heterocycles. The summed E-state index contributed by atoms with van der Waals surface area (Å²) >= 11 is 0. The van der Waals surface area contributed by atoms with Crippen LogP contribution in [-0.4, -0.2) is 158 Å². The molecular formula is C46H60N4O11S. The molecule has 16 heteroatoms. The summed E-state index contributed by atoms with van der Waals surface area (Å²) in [6.07, 6.45) is 1.76. The number of hydrogen-bond acceptors (Lipinski definition) is 12. The molecule has 0 bridgehead atoms. The van der Waals surface area contributed by atoms with Crippen molar-refractivity contribution >= 4 is 21.9 Å². The molecule has 0 radical (unpaired) electrons. The van der Waals surface area contributed by atoms with Gasteiger partial charge < -0.3 is 38.2 Å². The molecular weight excluding hydrogens is 817 g/mol. The third kappa shape index (κ3) is 12.8. The molecule has 2 aliphatic rings. The van der Waals surface area contributed by atoms with Crippen LogP contribution < -0.4 is 28.4 Å². The number of hydrogen-bond donors (Lipinski definition) is 1. The average molecular weight is 877 g/mol. The lowest BCUT2D eigenvalue weighted by Gasteiger charge is -2.37. The highest BCUT2D eigenvalue weighted by Gasteiger charge is 2.25. The minimum atomic E-state index is -3.67. The summed E-state index contributed by atoms with van der Waals surface area (Å²) in [5.41, 5.74) is 5.11. The maximum absolute atomic E-state index is 13.4. The Kier molecular flexibility index (Phi) is 17.2. The second-order valence-corrected chi connectivity index (χ2v) is 16.3. The number of rotatable bonds is 16. The van der Waals surface area contributed by atoms with E-state index in [0.29, 0.717) is 91.3 Å². The Bertz CT molecular complexity index is 2000. The molecule has 6 rings (SSSR count). The van der Waals surface area contributed by atoms with Crippen LogP contribution in [0.5, 0.6) is 34.5 Å². The van der Waals surface area contributed by atoms with Crippen molar-refractivity contribution in [3.8, 4) is 56.8 Å². The van der Waals surface area contributed by atoms with Crippen molar-refractivity contribution in [1.29, 1.82) is 0 Å². The summed E-state index contributed by atoms with van der Waals surface area (Å²) < 4.78 is 59.6. The van der Waals surface area contributed by atoms with Gasteiger partial charge in [0.25, 0.3) is 21.9 Å². The first-order valence-corrected chi connectivity index (χ1v) is 22.6. The lowest BCUT2D eigenvalue weighted by atomic mass is 10.0. The molecule has 2 aliphatic heterocycles.